The smallest absolute Gasteiger partial charge is 0.328 e. The van der Waals surface area contributed by atoms with E-state index >= 15 is 0 Å². The lowest BCUT2D eigenvalue weighted by Gasteiger charge is -2.24. The summed E-state index contributed by atoms with van der Waals surface area (Å²) >= 11 is 1.67. The molecule has 0 bridgehead atoms. The van der Waals surface area contributed by atoms with Crippen molar-refractivity contribution in [1.29, 1.82) is 0 Å². The average Bonchev–Trinajstić information content (AvgIpc) is 3.78. The van der Waals surface area contributed by atoms with Crippen LogP contribution in [0.2, 0.25) is 0 Å². The van der Waals surface area contributed by atoms with Gasteiger partial charge in [-0.2, -0.15) is 0 Å². The van der Waals surface area contributed by atoms with Gasteiger partial charge in [-0.15, -0.1) is 11.3 Å². The number of ether oxygens (including phenoxy) is 3. The first kappa shape index (κ1) is 30.9. The summed E-state index contributed by atoms with van der Waals surface area (Å²) < 4.78 is 18.1. The lowest BCUT2D eigenvalue weighted by molar-refractivity contribution is -0.151. The van der Waals surface area contributed by atoms with Crippen molar-refractivity contribution in [2.75, 3.05) is 40.0 Å². The highest BCUT2D eigenvalue weighted by molar-refractivity contribution is 7.22. The van der Waals surface area contributed by atoms with Crippen LogP contribution in [0.25, 0.3) is 20.5 Å². The Balaban J connectivity index is 1.23. The van der Waals surface area contributed by atoms with Gasteiger partial charge < -0.3 is 24.2 Å². The van der Waals surface area contributed by atoms with Gasteiger partial charge >= 0.3 is 5.97 Å². The normalized spacial score (nSPS) is 16.9. The number of rotatable bonds is 12. The van der Waals surface area contributed by atoms with Crippen LogP contribution in [0.1, 0.15) is 49.3 Å². The maximum absolute atomic E-state index is 12.7. The van der Waals surface area contributed by atoms with Crippen molar-refractivity contribution in [2.45, 2.75) is 51.6 Å². The van der Waals surface area contributed by atoms with Gasteiger partial charge in [-0.3, -0.25) is 9.69 Å². The third-order valence-corrected chi connectivity index (χ3v) is 9.97. The molecule has 45 heavy (non-hydrogen) atoms. The van der Waals surface area contributed by atoms with Gasteiger partial charge in [0.25, 0.3) is 0 Å². The Morgan fingerprint density at radius 3 is 2.60 bits per heavy atom. The van der Waals surface area contributed by atoms with Gasteiger partial charge in [0, 0.05) is 28.1 Å². The SMILES string of the molecule is CCOC(=O)C1CCC(=O)N1Cc1ccc(Cc2c(-c3ccc(OCCN4CCCC4)cc3)sc3cc(O)ccc23)cc1OC. The molecule has 6 rings (SSSR count). The molecular weight excluding hydrogens is 588 g/mol. The summed E-state index contributed by atoms with van der Waals surface area (Å²) in [5.41, 5.74) is 4.16. The molecule has 1 aromatic heterocycles. The molecule has 8 nitrogen and oxygen atoms in total. The third-order valence-electron chi connectivity index (χ3n) is 8.73. The fourth-order valence-corrected chi connectivity index (χ4v) is 7.64. The molecule has 1 atom stereocenters. The highest BCUT2D eigenvalue weighted by atomic mass is 32.1. The second-order valence-corrected chi connectivity index (χ2v) is 12.7. The summed E-state index contributed by atoms with van der Waals surface area (Å²) in [4.78, 5) is 30.4. The van der Waals surface area contributed by atoms with E-state index in [4.69, 9.17) is 14.2 Å². The van der Waals surface area contributed by atoms with E-state index in [1.807, 2.05) is 36.4 Å². The Morgan fingerprint density at radius 2 is 1.84 bits per heavy atom. The zero-order chi connectivity index (χ0) is 31.3. The summed E-state index contributed by atoms with van der Waals surface area (Å²) in [5.74, 6) is 1.36. The van der Waals surface area contributed by atoms with Crippen LogP contribution in [0.15, 0.2) is 60.7 Å². The minimum absolute atomic E-state index is 0.0557. The molecule has 3 aromatic carbocycles. The lowest BCUT2D eigenvalue weighted by atomic mass is 9.97. The maximum atomic E-state index is 12.7. The molecule has 236 valence electrons. The van der Waals surface area contributed by atoms with E-state index in [0.29, 0.717) is 31.6 Å². The first-order valence-corrected chi connectivity index (χ1v) is 16.6. The first-order valence-electron chi connectivity index (χ1n) is 15.8. The van der Waals surface area contributed by atoms with Crippen LogP contribution in [-0.4, -0.2) is 72.8 Å². The van der Waals surface area contributed by atoms with E-state index in [1.165, 1.54) is 18.4 Å². The van der Waals surface area contributed by atoms with E-state index in [1.54, 1.807) is 36.3 Å². The number of carbonyl (C=O) groups excluding carboxylic acids is 2. The average molecular weight is 629 g/mol. The zero-order valence-corrected chi connectivity index (χ0v) is 26.7. The molecule has 0 radical (unpaired) electrons. The molecule has 2 saturated heterocycles. The quantitative estimate of drug-likeness (QED) is 0.182. The van der Waals surface area contributed by atoms with Crippen LogP contribution in [0.5, 0.6) is 17.2 Å². The van der Waals surface area contributed by atoms with Crippen LogP contribution in [0.4, 0.5) is 0 Å². The first-order chi connectivity index (χ1) is 21.9. The van der Waals surface area contributed by atoms with Crippen molar-refractivity contribution in [3.05, 3.63) is 77.4 Å². The van der Waals surface area contributed by atoms with Crippen molar-refractivity contribution in [3.8, 4) is 27.7 Å². The molecular formula is C36H40N2O6S. The van der Waals surface area contributed by atoms with Gasteiger partial charge in [-0.1, -0.05) is 12.1 Å². The summed E-state index contributed by atoms with van der Waals surface area (Å²) in [6, 6.07) is 19.3. The highest BCUT2D eigenvalue weighted by Crippen LogP contribution is 2.42. The molecule has 2 aliphatic heterocycles. The number of carbonyl (C=O) groups is 2. The van der Waals surface area contributed by atoms with Gasteiger partial charge in [0.1, 0.15) is 29.9 Å². The van der Waals surface area contributed by atoms with Crippen molar-refractivity contribution < 1.29 is 28.9 Å². The number of aromatic hydroxyl groups is 1. The van der Waals surface area contributed by atoms with Crippen molar-refractivity contribution in [3.63, 3.8) is 0 Å². The number of phenolic OH excluding ortho intramolecular Hbond substituents is 1. The number of benzene rings is 3. The number of hydrogen-bond acceptors (Lipinski definition) is 8. The zero-order valence-electron chi connectivity index (χ0n) is 25.9. The number of thiophene rings is 1. The summed E-state index contributed by atoms with van der Waals surface area (Å²) in [6.45, 7) is 6.29. The second kappa shape index (κ2) is 13.9. The Kier molecular flexibility index (Phi) is 9.56. The van der Waals surface area contributed by atoms with Gasteiger partial charge in [-0.25, -0.2) is 4.79 Å². The standard InChI is InChI=1S/C36H40N2O6S/c1-3-43-36(41)31-14-15-34(40)38(31)23-26-7-6-24(21-32(26)42-2)20-30-29-13-10-27(39)22-33(29)45-35(30)25-8-11-28(12-9-25)44-19-18-37-16-4-5-17-37/h6-13,21-22,31,39H,3-5,14-20,23H2,1-2H3. The molecule has 3 heterocycles. The number of hydrogen-bond donors (Lipinski definition) is 1. The highest BCUT2D eigenvalue weighted by Gasteiger charge is 2.37. The molecule has 1 amide bonds. The number of fused-ring (bicyclic) bond motifs is 1. The predicted octanol–water partition coefficient (Wildman–Crippen LogP) is 6.40. The Morgan fingerprint density at radius 1 is 1.04 bits per heavy atom. The van der Waals surface area contributed by atoms with E-state index in [-0.39, 0.29) is 30.8 Å². The predicted molar refractivity (Wildman–Crippen MR) is 176 cm³/mol. The van der Waals surface area contributed by atoms with Crippen LogP contribution in [0, 0.1) is 0 Å². The Labute approximate surface area is 268 Å². The minimum Gasteiger partial charge on any atom is -0.508 e. The fourth-order valence-electron chi connectivity index (χ4n) is 6.38. The third kappa shape index (κ3) is 6.94. The summed E-state index contributed by atoms with van der Waals surface area (Å²) in [6.07, 6.45) is 4.00. The largest absolute Gasteiger partial charge is 0.508 e. The molecule has 9 heteroatoms. The molecule has 1 N–H and O–H groups in total. The minimum atomic E-state index is -0.570. The molecule has 0 aliphatic carbocycles. The van der Waals surface area contributed by atoms with E-state index < -0.39 is 6.04 Å². The number of phenols is 1. The van der Waals surface area contributed by atoms with Crippen LogP contribution in [-0.2, 0) is 27.3 Å². The number of likely N-dealkylation sites (tertiary alicyclic amines) is 2. The van der Waals surface area contributed by atoms with Crippen LogP contribution >= 0.6 is 11.3 Å². The van der Waals surface area contributed by atoms with Crippen LogP contribution < -0.4 is 9.47 Å². The monoisotopic (exact) mass is 628 g/mol. The van der Waals surface area contributed by atoms with Gasteiger partial charge in [-0.05, 0) is 116 Å². The molecule has 2 fully saturated rings. The second-order valence-electron chi connectivity index (χ2n) is 11.7. The molecule has 2 aliphatic rings. The maximum Gasteiger partial charge on any atom is 0.328 e. The number of esters is 1. The number of amides is 1. The molecule has 0 saturated carbocycles. The van der Waals surface area contributed by atoms with Gasteiger partial charge in [0.15, 0.2) is 0 Å². The number of methoxy groups -OCH3 is 1. The summed E-state index contributed by atoms with van der Waals surface area (Å²) in [7, 11) is 1.63. The van der Waals surface area contributed by atoms with Crippen molar-refractivity contribution in [2.24, 2.45) is 0 Å². The van der Waals surface area contributed by atoms with Crippen molar-refractivity contribution >= 4 is 33.3 Å². The summed E-state index contributed by atoms with van der Waals surface area (Å²) in [5, 5.41) is 11.3. The molecule has 1 unspecified atom stereocenters. The molecule has 4 aromatic rings. The Hall–Kier alpha value is -4.08. The fraction of sp³-hybridized carbons (Fsp3) is 0.389. The van der Waals surface area contributed by atoms with E-state index in [0.717, 1.165) is 57.0 Å². The van der Waals surface area contributed by atoms with E-state index in [2.05, 4.69) is 23.1 Å². The van der Waals surface area contributed by atoms with Crippen molar-refractivity contribution in [1.82, 2.24) is 9.80 Å². The van der Waals surface area contributed by atoms with Gasteiger partial charge in [0.05, 0.1) is 20.3 Å². The lowest BCUT2D eigenvalue weighted by Crippen LogP contribution is -2.39. The molecule has 0 spiro atoms. The topological polar surface area (TPSA) is 88.5 Å². The van der Waals surface area contributed by atoms with E-state index in [9.17, 15) is 14.7 Å². The van der Waals surface area contributed by atoms with Gasteiger partial charge in [0.2, 0.25) is 5.91 Å². The Bertz CT molecular complexity index is 1660. The number of nitrogens with zero attached hydrogens (tertiary/aromatic N) is 2. The van der Waals surface area contributed by atoms with Crippen LogP contribution in [0.3, 0.4) is 0 Å².